The van der Waals surface area contributed by atoms with Gasteiger partial charge in [0.2, 0.25) is 0 Å². The molecule has 0 spiro atoms. The standard InChI is InChI=1S/2C9H7.C6H5P.2ClH.Zr/c2*1-2-5-9-7-3-6-8(9)4-1;7-6-4-2-1-3-5-6;;;/h2*1-7H;1-5H;2*1H;. The molecule has 3 aromatic rings. The van der Waals surface area contributed by atoms with Gasteiger partial charge in [-0.1, -0.05) is 0 Å². The maximum Gasteiger partial charge on any atom is -0.147 e. The fourth-order valence-corrected chi connectivity index (χ4v) is 18.2. The van der Waals surface area contributed by atoms with Crippen molar-refractivity contribution in [2.45, 2.75) is 7.25 Å². The molecule has 0 N–H and O–H groups in total. The van der Waals surface area contributed by atoms with Crippen LogP contribution in [0.3, 0.4) is 0 Å². The molecule has 0 heterocycles. The predicted octanol–water partition coefficient (Wildman–Crippen LogP) is 7.17. The van der Waals surface area contributed by atoms with Crippen LogP contribution in [0.25, 0.3) is 12.2 Å². The van der Waals surface area contributed by atoms with Gasteiger partial charge in [-0.15, -0.1) is 24.8 Å². The van der Waals surface area contributed by atoms with Crippen molar-refractivity contribution in [1.82, 2.24) is 0 Å². The SMILES string of the molecule is C1=C[CH]([Zr](=[P]c2ccccc2)[CH]2C=Cc3ccccc32)c2ccccc21.Cl.Cl. The summed E-state index contributed by atoms with van der Waals surface area (Å²) in [4.78, 5) is 0. The Hall–Kier alpha value is -1.10. The van der Waals surface area contributed by atoms with E-state index in [0.29, 0.717) is 7.25 Å². The van der Waals surface area contributed by atoms with Crippen molar-refractivity contribution in [2.24, 2.45) is 0 Å². The molecule has 0 radical (unpaired) electrons. The number of rotatable bonds is 3. The van der Waals surface area contributed by atoms with E-state index in [-0.39, 0.29) is 24.8 Å². The molecule has 0 fully saturated rings. The van der Waals surface area contributed by atoms with Crippen molar-refractivity contribution >= 4 is 47.7 Å². The zero-order chi connectivity index (χ0) is 17.3. The minimum absolute atomic E-state index is 0. The van der Waals surface area contributed by atoms with E-state index in [2.05, 4.69) is 103 Å². The molecule has 2 aliphatic rings. The Bertz CT molecular complexity index is 993. The van der Waals surface area contributed by atoms with Gasteiger partial charge in [0, 0.05) is 0 Å². The van der Waals surface area contributed by atoms with Crippen molar-refractivity contribution in [3.05, 3.63) is 113 Å². The summed E-state index contributed by atoms with van der Waals surface area (Å²) in [5.74, 6) is 0. The Morgan fingerprint density at radius 1 is 0.571 bits per heavy atom. The second-order valence-electron chi connectivity index (χ2n) is 6.80. The summed E-state index contributed by atoms with van der Waals surface area (Å²) >= 11 is -1.96. The molecule has 0 amide bonds. The summed E-state index contributed by atoms with van der Waals surface area (Å²) in [6, 6.07) is 29.1. The van der Waals surface area contributed by atoms with Crippen LogP contribution >= 0.6 is 30.2 Å². The van der Waals surface area contributed by atoms with Gasteiger partial charge in [-0.2, -0.15) is 0 Å². The van der Waals surface area contributed by atoms with E-state index in [1.807, 2.05) is 0 Å². The van der Waals surface area contributed by atoms with Crippen LogP contribution in [0.15, 0.2) is 91.0 Å². The summed E-state index contributed by atoms with van der Waals surface area (Å²) in [5.41, 5.74) is 5.97. The van der Waals surface area contributed by atoms with Gasteiger partial charge in [-0.3, -0.25) is 0 Å². The second-order valence-corrected chi connectivity index (χ2v) is 17.4. The van der Waals surface area contributed by atoms with Gasteiger partial charge in [0.15, 0.2) is 0 Å². The van der Waals surface area contributed by atoms with E-state index < -0.39 is 20.6 Å². The van der Waals surface area contributed by atoms with E-state index in [1.54, 1.807) is 16.5 Å². The maximum absolute atomic E-state index is 2.50. The van der Waals surface area contributed by atoms with Crippen LogP contribution < -0.4 is 5.30 Å². The average molecular weight is 503 g/mol. The molecule has 4 heteroatoms. The van der Waals surface area contributed by atoms with E-state index >= 15 is 0 Å². The number of halogens is 2. The summed E-state index contributed by atoms with van der Waals surface area (Å²) in [6.45, 7) is 0. The fourth-order valence-electron chi connectivity index (χ4n) is 4.00. The first kappa shape index (κ1) is 21.6. The zero-order valence-corrected chi connectivity index (χ0v) is 20.2. The van der Waals surface area contributed by atoms with Crippen LogP contribution in [0.2, 0.25) is 0 Å². The molecule has 2 aliphatic carbocycles. The number of benzene rings is 3. The number of hydrogen-bond acceptors (Lipinski definition) is 0. The number of fused-ring (bicyclic) bond motifs is 2. The van der Waals surface area contributed by atoms with Crippen molar-refractivity contribution < 1.29 is 20.6 Å². The number of allylic oxidation sites excluding steroid dienone is 2. The molecule has 0 bridgehead atoms. The van der Waals surface area contributed by atoms with Gasteiger partial charge >= 0.3 is 164 Å². The molecule has 0 aliphatic heterocycles. The first-order valence-electron chi connectivity index (χ1n) is 9.08. The predicted molar refractivity (Wildman–Crippen MR) is 124 cm³/mol. The van der Waals surface area contributed by atoms with E-state index in [1.165, 1.54) is 16.4 Å². The Morgan fingerprint density at radius 3 is 1.57 bits per heavy atom. The molecule has 2 unspecified atom stereocenters. The second kappa shape index (κ2) is 9.60. The van der Waals surface area contributed by atoms with E-state index in [9.17, 15) is 0 Å². The first-order valence-corrected chi connectivity index (χ1v) is 16.1. The monoisotopic (exact) mass is 500 g/mol. The molecule has 0 saturated heterocycles. The minimum Gasteiger partial charge on any atom is -0.147 e. The molecule has 0 saturated carbocycles. The molecular weight excluding hydrogens is 481 g/mol. The third-order valence-electron chi connectivity index (χ3n) is 5.25. The third-order valence-corrected chi connectivity index (χ3v) is 18.8. The summed E-state index contributed by atoms with van der Waals surface area (Å²) in [7, 11) is 0. The summed E-state index contributed by atoms with van der Waals surface area (Å²) in [6.07, 6.45) is 9.71. The molecule has 3 aromatic carbocycles. The van der Waals surface area contributed by atoms with Crippen LogP contribution in [-0.4, -0.2) is 0 Å². The van der Waals surface area contributed by atoms with Crippen LogP contribution in [0.4, 0.5) is 0 Å². The van der Waals surface area contributed by atoms with E-state index in [0.717, 1.165) is 0 Å². The van der Waals surface area contributed by atoms with Gasteiger partial charge in [0.1, 0.15) is 0 Å². The molecule has 0 nitrogen and oxygen atoms in total. The Kier molecular flexibility index (Phi) is 7.41. The topological polar surface area (TPSA) is 0 Å². The normalized spacial score (nSPS) is 18.1. The number of hydrogen-bond donors (Lipinski definition) is 0. The van der Waals surface area contributed by atoms with Gasteiger partial charge in [0.25, 0.3) is 0 Å². The summed E-state index contributed by atoms with van der Waals surface area (Å²) in [5, 5.41) is 3.08. The largest absolute Gasteiger partial charge is 0.147 e. The van der Waals surface area contributed by atoms with Crippen LogP contribution in [0, 0.1) is 0 Å². The Morgan fingerprint density at radius 2 is 1.04 bits per heavy atom. The molecule has 28 heavy (non-hydrogen) atoms. The Labute approximate surface area is 187 Å². The van der Waals surface area contributed by atoms with Crippen molar-refractivity contribution in [2.75, 3.05) is 0 Å². The van der Waals surface area contributed by atoms with Crippen molar-refractivity contribution in [1.29, 1.82) is 0 Å². The van der Waals surface area contributed by atoms with E-state index in [4.69, 9.17) is 0 Å². The average Bonchev–Trinajstić information content (AvgIpc) is 3.32. The van der Waals surface area contributed by atoms with Gasteiger partial charge in [-0.25, -0.2) is 0 Å². The first-order chi connectivity index (χ1) is 12.9. The molecular formula is C24H21Cl2PZr. The van der Waals surface area contributed by atoms with Crippen molar-refractivity contribution in [3.63, 3.8) is 0 Å². The van der Waals surface area contributed by atoms with Crippen molar-refractivity contribution in [3.8, 4) is 0 Å². The Balaban J connectivity index is 0.00000112. The van der Waals surface area contributed by atoms with Gasteiger partial charge in [0.05, 0.1) is 0 Å². The molecule has 140 valence electrons. The van der Waals surface area contributed by atoms with Gasteiger partial charge < -0.3 is 0 Å². The molecule has 5 rings (SSSR count). The van der Waals surface area contributed by atoms with Gasteiger partial charge in [-0.05, 0) is 0 Å². The molecule has 2 atom stereocenters. The third kappa shape index (κ3) is 4.10. The fraction of sp³-hybridized carbons (Fsp3) is 0.0833. The zero-order valence-electron chi connectivity index (χ0n) is 15.2. The maximum atomic E-state index is 2.50. The minimum atomic E-state index is -1.96. The quantitative estimate of drug-likeness (QED) is 0.333. The molecule has 0 aromatic heterocycles. The smallest absolute Gasteiger partial charge is 0.147 e. The van der Waals surface area contributed by atoms with Crippen LogP contribution in [-0.2, 0) is 20.6 Å². The van der Waals surface area contributed by atoms with Crippen LogP contribution in [0.1, 0.15) is 29.5 Å². The van der Waals surface area contributed by atoms with Crippen LogP contribution in [0.5, 0.6) is 0 Å². The summed E-state index contributed by atoms with van der Waals surface area (Å²) < 4.78 is 1.30.